The van der Waals surface area contributed by atoms with Gasteiger partial charge >= 0.3 is 0 Å². The summed E-state index contributed by atoms with van der Waals surface area (Å²) < 4.78 is 11.0. The van der Waals surface area contributed by atoms with Gasteiger partial charge in [0.15, 0.2) is 0 Å². The van der Waals surface area contributed by atoms with Crippen molar-refractivity contribution in [2.45, 2.75) is 18.8 Å². The van der Waals surface area contributed by atoms with Gasteiger partial charge in [0.2, 0.25) is 0 Å². The molecule has 0 bridgehead atoms. The molecular formula is C17H21NO2. The highest BCUT2D eigenvalue weighted by Gasteiger charge is 2.21. The van der Waals surface area contributed by atoms with Crippen LogP contribution in [0.2, 0.25) is 0 Å². The van der Waals surface area contributed by atoms with Gasteiger partial charge in [-0.1, -0.05) is 12.1 Å². The van der Waals surface area contributed by atoms with E-state index in [2.05, 4.69) is 29.6 Å². The Morgan fingerprint density at radius 2 is 1.75 bits per heavy atom. The number of fused-ring (bicyclic) bond motifs is 1. The van der Waals surface area contributed by atoms with Gasteiger partial charge in [0.05, 0.1) is 14.2 Å². The van der Waals surface area contributed by atoms with Crippen LogP contribution in [-0.4, -0.2) is 27.3 Å². The first kappa shape index (κ1) is 13.3. The molecule has 1 saturated heterocycles. The average molecular weight is 271 g/mol. The quantitative estimate of drug-likeness (QED) is 0.929. The fourth-order valence-electron chi connectivity index (χ4n) is 3.14. The monoisotopic (exact) mass is 271 g/mol. The molecule has 3 nitrogen and oxygen atoms in total. The second-order valence-electron chi connectivity index (χ2n) is 5.29. The van der Waals surface area contributed by atoms with E-state index in [1.807, 2.05) is 6.07 Å². The van der Waals surface area contributed by atoms with Gasteiger partial charge in [-0.05, 0) is 60.8 Å². The van der Waals surface area contributed by atoms with E-state index in [0.29, 0.717) is 5.92 Å². The lowest BCUT2D eigenvalue weighted by atomic mass is 9.86. The molecule has 3 heteroatoms. The first-order chi connectivity index (χ1) is 9.83. The van der Waals surface area contributed by atoms with Gasteiger partial charge in [-0.3, -0.25) is 0 Å². The summed E-state index contributed by atoms with van der Waals surface area (Å²) in [6.45, 7) is 2.16. The molecule has 106 valence electrons. The molecule has 2 aromatic carbocycles. The van der Waals surface area contributed by atoms with Gasteiger partial charge in [-0.25, -0.2) is 0 Å². The minimum Gasteiger partial charge on any atom is -0.497 e. The number of hydrogen-bond acceptors (Lipinski definition) is 3. The minimum atomic E-state index is 0.557. The maximum atomic E-state index is 5.62. The maximum absolute atomic E-state index is 5.62. The van der Waals surface area contributed by atoms with Crippen LogP contribution >= 0.6 is 0 Å². The van der Waals surface area contributed by atoms with Crippen molar-refractivity contribution >= 4 is 10.8 Å². The molecule has 1 fully saturated rings. The molecule has 1 heterocycles. The fourth-order valence-corrected chi connectivity index (χ4v) is 3.14. The standard InChI is InChI=1S/C17H21NO2/c1-19-14-5-3-12-4-6-16(20-2)17(15(12)11-14)13-7-9-18-10-8-13/h3-6,11,13,18H,7-10H2,1-2H3. The van der Waals surface area contributed by atoms with Crippen molar-refractivity contribution < 1.29 is 9.47 Å². The zero-order valence-electron chi connectivity index (χ0n) is 12.1. The molecule has 0 radical (unpaired) electrons. The number of rotatable bonds is 3. The summed E-state index contributed by atoms with van der Waals surface area (Å²) in [5.74, 6) is 2.46. The van der Waals surface area contributed by atoms with E-state index < -0.39 is 0 Å². The topological polar surface area (TPSA) is 30.5 Å². The molecule has 20 heavy (non-hydrogen) atoms. The molecule has 2 aromatic rings. The lowest BCUT2D eigenvalue weighted by Gasteiger charge is -2.26. The summed E-state index contributed by atoms with van der Waals surface area (Å²) in [6, 6.07) is 10.5. The Morgan fingerprint density at radius 1 is 1.00 bits per heavy atom. The molecule has 0 unspecified atom stereocenters. The Bertz CT molecular complexity index is 598. The van der Waals surface area contributed by atoms with Crippen LogP contribution in [0.3, 0.4) is 0 Å². The average Bonchev–Trinajstić information content (AvgIpc) is 2.53. The number of benzene rings is 2. The van der Waals surface area contributed by atoms with Crippen molar-refractivity contribution in [2.75, 3.05) is 27.3 Å². The predicted molar refractivity (Wildman–Crippen MR) is 81.9 cm³/mol. The van der Waals surface area contributed by atoms with Crippen LogP contribution in [-0.2, 0) is 0 Å². The Hall–Kier alpha value is -1.74. The highest BCUT2D eigenvalue weighted by atomic mass is 16.5. The predicted octanol–water partition coefficient (Wildman–Crippen LogP) is 3.32. The van der Waals surface area contributed by atoms with Gasteiger partial charge in [0.25, 0.3) is 0 Å². The van der Waals surface area contributed by atoms with Crippen molar-refractivity contribution in [1.82, 2.24) is 5.32 Å². The van der Waals surface area contributed by atoms with E-state index in [9.17, 15) is 0 Å². The number of piperidine rings is 1. The first-order valence-electron chi connectivity index (χ1n) is 7.19. The Balaban J connectivity index is 2.18. The van der Waals surface area contributed by atoms with E-state index in [4.69, 9.17) is 9.47 Å². The molecule has 1 aliphatic rings. The lowest BCUT2D eigenvalue weighted by Crippen LogP contribution is -2.26. The van der Waals surface area contributed by atoms with E-state index >= 15 is 0 Å². The molecule has 0 saturated carbocycles. The fraction of sp³-hybridized carbons (Fsp3) is 0.412. The van der Waals surface area contributed by atoms with Crippen LogP contribution < -0.4 is 14.8 Å². The normalized spacial score (nSPS) is 16.3. The molecule has 0 aliphatic carbocycles. The third-order valence-corrected chi connectivity index (χ3v) is 4.20. The van der Waals surface area contributed by atoms with Crippen LogP contribution in [0, 0.1) is 0 Å². The summed E-state index contributed by atoms with van der Waals surface area (Å²) in [4.78, 5) is 0. The van der Waals surface area contributed by atoms with Crippen molar-refractivity contribution in [3.63, 3.8) is 0 Å². The number of hydrogen-bond donors (Lipinski definition) is 1. The number of ether oxygens (including phenoxy) is 2. The van der Waals surface area contributed by atoms with Crippen LogP contribution in [0.25, 0.3) is 10.8 Å². The molecule has 1 aliphatic heterocycles. The van der Waals surface area contributed by atoms with Crippen molar-refractivity contribution in [3.8, 4) is 11.5 Å². The summed E-state index contributed by atoms with van der Waals surface area (Å²) in [7, 11) is 3.47. The van der Waals surface area contributed by atoms with E-state index in [0.717, 1.165) is 37.4 Å². The highest BCUT2D eigenvalue weighted by molar-refractivity contribution is 5.89. The highest BCUT2D eigenvalue weighted by Crippen LogP contribution is 2.39. The number of nitrogens with one attached hydrogen (secondary N) is 1. The SMILES string of the molecule is COc1ccc2ccc(OC)c(C3CCNCC3)c2c1. The summed E-state index contributed by atoms with van der Waals surface area (Å²) in [5.41, 5.74) is 1.34. The van der Waals surface area contributed by atoms with Crippen molar-refractivity contribution in [1.29, 1.82) is 0 Å². The summed E-state index contributed by atoms with van der Waals surface area (Å²) in [5, 5.41) is 5.94. The van der Waals surface area contributed by atoms with E-state index in [-0.39, 0.29) is 0 Å². The van der Waals surface area contributed by atoms with Gasteiger partial charge in [-0.2, -0.15) is 0 Å². The molecule has 0 spiro atoms. The van der Waals surface area contributed by atoms with Gasteiger partial charge in [-0.15, -0.1) is 0 Å². The molecule has 3 rings (SSSR count). The molecule has 0 amide bonds. The molecule has 1 N–H and O–H groups in total. The third kappa shape index (κ3) is 2.34. The van der Waals surface area contributed by atoms with Crippen LogP contribution in [0.5, 0.6) is 11.5 Å². The number of methoxy groups -OCH3 is 2. The van der Waals surface area contributed by atoms with Crippen molar-refractivity contribution in [2.24, 2.45) is 0 Å². The molecule has 0 atom stereocenters. The third-order valence-electron chi connectivity index (χ3n) is 4.20. The summed E-state index contributed by atoms with van der Waals surface area (Å²) in [6.07, 6.45) is 2.32. The molecule has 0 aromatic heterocycles. The smallest absolute Gasteiger partial charge is 0.122 e. The van der Waals surface area contributed by atoms with Crippen LogP contribution in [0.1, 0.15) is 24.3 Å². The second kappa shape index (κ2) is 5.71. The zero-order valence-corrected chi connectivity index (χ0v) is 12.1. The van der Waals surface area contributed by atoms with Crippen molar-refractivity contribution in [3.05, 3.63) is 35.9 Å². The Labute approximate surface area is 119 Å². The minimum absolute atomic E-state index is 0.557. The zero-order chi connectivity index (χ0) is 13.9. The van der Waals surface area contributed by atoms with Crippen LogP contribution in [0.4, 0.5) is 0 Å². The van der Waals surface area contributed by atoms with Gasteiger partial charge < -0.3 is 14.8 Å². The first-order valence-corrected chi connectivity index (χ1v) is 7.19. The summed E-state index contributed by atoms with van der Waals surface area (Å²) >= 11 is 0. The largest absolute Gasteiger partial charge is 0.497 e. The lowest BCUT2D eigenvalue weighted by molar-refractivity contribution is 0.393. The second-order valence-corrected chi connectivity index (χ2v) is 5.29. The van der Waals surface area contributed by atoms with Crippen LogP contribution in [0.15, 0.2) is 30.3 Å². The van der Waals surface area contributed by atoms with E-state index in [1.54, 1.807) is 14.2 Å². The van der Waals surface area contributed by atoms with Gasteiger partial charge in [0.1, 0.15) is 11.5 Å². The maximum Gasteiger partial charge on any atom is 0.122 e. The molecular weight excluding hydrogens is 250 g/mol. The van der Waals surface area contributed by atoms with Gasteiger partial charge in [0, 0.05) is 5.56 Å². The Morgan fingerprint density at radius 3 is 2.45 bits per heavy atom. The Kier molecular flexibility index (Phi) is 3.79. The van der Waals surface area contributed by atoms with E-state index in [1.165, 1.54) is 16.3 Å².